The number of halogens is 2. The molecule has 13 heteroatoms. The van der Waals surface area contributed by atoms with Crippen molar-refractivity contribution in [2.24, 2.45) is 11.7 Å². The molecule has 11 nitrogen and oxygen atoms in total. The van der Waals surface area contributed by atoms with Gasteiger partial charge in [-0.25, -0.2) is 13.8 Å². The largest absolute Gasteiger partial charge is 0.401 e. The number of allylic oxidation sites excluding steroid dienone is 2. The van der Waals surface area contributed by atoms with Crippen LogP contribution in [0, 0.1) is 35.8 Å². The van der Waals surface area contributed by atoms with Crippen molar-refractivity contribution < 1.29 is 18.6 Å². The van der Waals surface area contributed by atoms with Gasteiger partial charge in [-0.2, -0.15) is 10.2 Å². The van der Waals surface area contributed by atoms with Gasteiger partial charge in [0.15, 0.2) is 5.82 Å². The number of fused-ring (bicyclic) bond motifs is 6. The number of aromatic nitrogens is 3. The number of nitrogens with two attached hydrogens (primary N) is 1. The zero-order valence-corrected chi connectivity index (χ0v) is 32.6. The third-order valence-electron chi connectivity index (χ3n) is 12.2. The van der Waals surface area contributed by atoms with E-state index < -0.39 is 17.7 Å². The van der Waals surface area contributed by atoms with E-state index in [0.29, 0.717) is 47.5 Å². The van der Waals surface area contributed by atoms with Crippen molar-refractivity contribution in [1.29, 1.82) is 5.26 Å². The minimum Gasteiger partial charge on any atom is -0.401 e. The Kier molecular flexibility index (Phi) is 11.1. The topological polar surface area (TPSA) is 131 Å². The highest BCUT2D eigenvalue weighted by Crippen LogP contribution is 2.47. The minimum absolute atomic E-state index is 0.114. The number of nitrogens with zero attached hydrogens (tertiary/aromatic N) is 8. The summed E-state index contributed by atoms with van der Waals surface area (Å²) in [5.74, 6) is 0.553. The molecule has 0 amide bonds. The lowest BCUT2D eigenvalue weighted by atomic mass is 9.88. The maximum absolute atomic E-state index is 17.8. The number of rotatable bonds is 9. The standard InChI is InChI=1S/C39H49F2N9O2.C2H6/c1-5-6-7-30(43)26(12-42)32-22(3)29(40)13-44-36(32)33-27-19-52-20-28(27)34-37(35(33)41)45-39(49-15-23-10-11-47(4)31(23)18-49)46-38(34)50-24-8-9-25(50)17-48(16-24)14-21(2)51;1-2/h13,21,23-25,31,51H,5-11,14-20,43H2,1-4H3;1-2H3/b30-26+;. The average molecular weight is 744 g/mol. The van der Waals surface area contributed by atoms with Gasteiger partial charge in [0.2, 0.25) is 5.95 Å². The van der Waals surface area contributed by atoms with Crippen LogP contribution in [-0.2, 0) is 18.0 Å². The molecule has 5 aliphatic rings. The quantitative estimate of drug-likeness (QED) is 0.255. The molecule has 0 aliphatic carbocycles. The molecule has 5 unspecified atom stereocenters. The average Bonchev–Trinajstić information content (AvgIpc) is 3.95. The van der Waals surface area contributed by atoms with Gasteiger partial charge in [-0.15, -0.1) is 0 Å². The van der Waals surface area contributed by atoms with E-state index in [2.05, 4.69) is 37.7 Å². The fraction of sp³-hybridized carbons (Fsp3) is 0.610. The van der Waals surface area contributed by atoms with Gasteiger partial charge in [0, 0.05) is 67.7 Å². The number of unbranched alkanes of at least 4 members (excludes halogenated alkanes) is 1. The molecule has 5 atom stereocenters. The van der Waals surface area contributed by atoms with E-state index in [1.165, 1.54) is 0 Å². The Hall–Kier alpha value is -3.96. The summed E-state index contributed by atoms with van der Waals surface area (Å²) in [4.78, 5) is 24.2. The number of aliphatic hydroxyl groups excluding tert-OH is 1. The smallest absolute Gasteiger partial charge is 0.228 e. The summed E-state index contributed by atoms with van der Waals surface area (Å²) in [7, 11) is 2.16. The molecular weight excluding hydrogens is 689 g/mol. The number of aliphatic hydroxyl groups is 1. The third-order valence-corrected chi connectivity index (χ3v) is 12.2. The van der Waals surface area contributed by atoms with Crippen LogP contribution >= 0.6 is 0 Å². The SMILES string of the molecule is CC.CCCC/C(N)=C(/C#N)c1c(-c2c3c(c4c(N5C6CCC5CN(CC(C)O)C6)nc(N5CC6CCN(C)C6C5)nc4c2F)COC3)ncc(F)c1C. The highest BCUT2D eigenvalue weighted by Gasteiger charge is 2.45. The number of piperazine rings is 1. The molecule has 1 aromatic carbocycles. The lowest BCUT2D eigenvalue weighted by molar-refractivity contribution is 0.111. The van der Waals surface area contributed by atoms with Gasteiger partial charge in [-0.3, -0.25) is 9.88 Å². The molecule has 290 valence electrons. The van der Waals surface area contributed by atoms with Gasteiger partial charge in [0.05, 0.1) is 42.2 Å². The first-order chi connectivity index (χ1) is 26.1. The van der Waals surface area contributed by atoms with Crippen molar-refractivity contribution in [3.05, 3.63) is 45.8 Å². The number of β-amino-alcohol motifs (C(OH)–C–C–N with tert-alkyl or cyclic N) is 1. The second kappa shape index (κ2) is 15.6. The Morgan fingerprint density at radius 2 is 1.81 bits per heavy atom. The Labute approximate surface area is 317 Å². The zero-order valence-electron chi connectivity index (χ0n) is 32.6. The van der Waals surface area contributed by atoms with Crippen LogP contribution in [0.3, 0.4) is 0 Å². The molecule has 4 saturated heterocycles. The fourth-order valence-corrected chi connectivity index (χ4v) is 9.63. The number of likely N-dealkylation sites (tertiary alicyclic amines) is 2. The van der Waals surface area contributed by atoms with Crippen LogP contribution < -0.4 is 15.5 Å². The molecule has 0 saturated carbocycles. The first-order valence-electron chi connectivity index (χ1n) is 19.9. The highest BCUT2D eigenvalue weighted by atomic mass is 19.1. The second-order valence-electron chi connectivity index (χ2n) is 15.6. The van der Waals surface area contributed by atoms with Gasteiger partial charge < -0.3 is 30.3 Å². The molecule has 3 N–H and O–H groups in total. The highest BCUT2D eigenvalue weighted by molar-refractivity contribution is 6.00. The molecule has 5 aliphatic heterocycles. The molecular formula is C41H55F2N9O2. The monoisotopic (exact) mass is 743 g/mol. The Balaban J connectivity index is 0.00000221. The van der Waals surface area contributed by atoms with Crippen LogP contribution in [0.25, 0.3) is 27.7 Å². The van der Waals surface area contributed by atoms with Crippen LogP contribution in [0.15, 0.2) is 11.9 Å². The Morgan fingerprint density at radius 1 is 1.09 bits per heavy atom. The van der Waals surface area contributed by atoms with E-state index in [-0.39, 0.29) is 58.8 Å². The van der Waals surface area contributed by atoms with Crippen LogP contribution in [0.5, 0.6) is 0 Å². The molecule has 0 radical (unpaired) electrons. The van der Waals surface area contributed by atoms with Crippen molar-refractivity contribution in [2.75, 3.05) is 56.1 Å². The van der Waals surface area contributed by atoms with Crippen molar-refractivity contribution in [3.8, 4) is 17.3 Å². The molecule has 3 aromatic rings. The molecule has 2 aromatic heterocycles. The number of pyridine rings is 1. The molecule has 7 heterocycles. The van der Waals surface area contributed by atoms with E-state index >= 15 is 8.78 Å². The molecule has 54 heavy (non-hydrogen) atoms. The lowest BCUT2D eigenvalue weighted by Crippen LogP contribution is -2.55. The van der Waals surface area contributed by atoms with Gasteiger partial charge in [0.1, 0.15) is 23.2 Å². The van der Waals surface area contributed by atoms with Crippen LogP contribution in [0.1, 0.15) is 88.5 Å². The maximum atomic E-state index is 17.8. The maximum Gasteiger partial charge on any atom is 0.228 e. The molecule has 8 rings (SSSR count). The van der Waals surface area contributed by atoms with Crippen molar-refractivity contribution in [2.45, 2.75) is 111 Å². The lowest BCUT2D eigenvalue weighted by Gasteiger charge is -2.43. The number of hydrogen-bond donors (Lipinski definition) is 2. The number of anilines is 2. The molecule has 0 spiro atoms. The summed E-state index contributed by atoms with van der Waals surface area (Å²) < 4.78 is 39.2. The number of benzene rings is 1. The van der Waals surface area contributed by atoms with E-state index in [1.54, 1.807) is 6.92 Å². The summed E-state index contributed by atoms with van der Waals surface area (Å²) in [6.07, 6.45) is 5.81. The van der Waals surface area contributed by atoms with E-state index in [1.807, 2.05) is 27.7 Å². The van der Waals surface area contributed by atoms with Gasteiger partial charge in [-0.05, 0) is 82.2 Å². The van der Waals surface area contributed by atoms with E-state index in [4.69, 9.17) is 20.4 Å². The summed E-state index contributed by atoms with van der Waals surface area (Å²) >= 11 is 0. The normalized spacial score (nSPS) is 24.7. The summed E-state index contributed by atoms with van der Waals surface area (Å²) in [6, 6.07) is 2.90. The summed E-state index contributed by atoms with van der Waals surface area (Å²) in [5, 5.41) is 21.3. The fourth-order valence-electron chi connectivity index (χ4n) is 9.63. The zero-order chi connectivity index (χ0) is 38.4. The number of likely N-dealkylation sites (N-methyl/N-ethyl adjacent to an activating group) is 1. The summed E-state index contributed by atoms with van der Waals surface area (Å²) in [5.41, 5.74) is 9.29. The van der Waals surface area contributed by atoms with Crippen LogP contribution in [-0.4, -0.2) is 100 Å². The molecule has 4 fully saturated rings. The predicted molar refractivity (Wildman–Crippen MR) is 208 cm³/mol. The van der Waals surface area contributed by atoms with Crippen molar-refractivity contribution >= 4 is 28.2 Å². The first kappa shape index (κ1) is 38.3. The van der Waals surface area contributed by atoms with Gasteiger partial charge in [0.25, 0.3) is 0 Å². The predicted octanol–water partition coefficient (Wildman–Crippen LogP) is 5.89. The second-order valence-corrected chi connectivity index (χ2v) is 15.6. The Morgan fingerprint density at radius 3 is 2.48 bits per heavy atom. The molecule has 2 bridgehead atoms. The van der Waals surface area contributed by atoms with Crippen molar-refractivity contribution in [3.63, 3.8) is 0 Å². The van der Waals surface area contributed by atoms with Crippen LogP contribution in [0.4, 0.5) is 20.5 Å². The summed E-state index contributed by atoms with van der Waals surface area (Å²) in [6.45, 7) is 14.6. The van der Waals surface area contributed by atoms with Crippen LogP contribution in [0.2, 0.25) is 0 Å². The van der Waals surface area contributed by atoms with E-state index in [0.717, 1.165) is 82.4 Å². The minimum atomic E-state index is -0.592. The van der Waals surface area contributed by atoms with Gasteiger partial charge in [-0.1, -0.05) is 27.2 Å². The number of hydrogen-bond acceptors (Lipinski definition) is 11. The van der Waals surface area contributed by atoms with Crippen molar-refractivity contribution in [1.82, 2.24) is 24.8 Å². The number of ether oxygens (including phenoxy) is 1. The first-order valence-corrected chi connectivity index (χ1v) is 19.9. The third kappa shape index (κ3) is 6.59. The van der Waals surface area contributed by atoms with Gasteiger partial charge >= 0.3 is 0 Å². The Bertz CT molecular complexity index is 1970. The number of nitriles is 1. The van der Waals surface area contributed by atoms with E-state index in [9.17, 15) is 10.4 Å².